The Morgan fingerprint density at radius 3 is 3.08 bits per heavy atom. The van der Waals surface area contributed by atoms with E-state index in [1.807, 2.05) is 0 Å². The van der Waals surface area contributed by atoms with Crippen LogP contribution in [-0.2, 0) is 16.0 Å². The predicted molar refractivity (Wildman–Crippen MR) is 95.1 cm³/mol. The molecule has 0 unspecified atom stereocenters. The lowest BCUT2D eigenvalue weighted by molar-refractivity contribution is -0.121. The summed E-state index contributed by atoms with van der Waals surface area (Å²) < 4.78 is 5.37. The second-order valence-electron chi connectivity index (χ2n) is 6.81. The second kappa shape index (κ2) is 7.79. The van der Waals surface area contributed by atoms with E-state index in [1.54, 1.807) is 0 Å². The van der Waals surface area contributed by atoms with Crippen LogP contribution < -0.4 is 5.32 Å². The smallest absolute Gasteiger partial charge is 0.220 e. The maximum Gasteiger partial charge on any atom is 0.220 e. The van der Waals surface area contributed by atoms with Crippen molar-refractivity contribution in [1.29, 1.82) is 0 Å². The Morgan fingerprint density at radius 2 is 2.29 bits per heavy atom. The molecule has 0 bridgehead atoms. The van der Waals surface area contributed by atoms with Crippen LogP contribution in [0.3, 0.4) is 0 Å². The van der Waals surface area contributed by atoms with E-state index in [2.05, 4.69) is 41.3 Å². The highest BCUT2D eigenvalue weighted by Crippen LogP contribution is 2.20. The summed E-state index contributed by atoms with van der Waals surface area (Å²) in [4.78, 5) is 19.9. The molecule has 0 spiro atoms. The van der Waals surface area contributed by atoms with Gasteiger partial charge in [0.05, 0.1) is 11.0 Å². The molecule has 2 N–H and O–H groups in total. The lowest BCUT2D eigenvalue weighted by Gasteiger charge is -2.08. The molecule has 3 rings (SSSR count). The van der Waals surface area contributed by atoms with Gasteiger partial charge in [0.25, 0.3) is 0 Å². The zero-order chi connectivity index (χ0) is 16.9. The maximum absolute atomic E-state index is 12.0. The second-order valence-corrected chi connectivity index (χ2v) is 6.81. The zero-order valence-corrected chi connectivity index (χ0v) is 14.7. The molecule has 2 heterocycles. The third-order valence-corrected chi connectivity index (χ3v) is 4.95. The van der Waals surface area contributed by atoms with E-state index in [0.29, 0.717) is 18.8 Å². The number of ether oxygens (including phenoxy) is 1. The first-order chi connectivity index (χ1) is 11.6. The maximum atomic E-state index is 12.0. The third-order valence-electron chi connectivity index (χ3n) is 4.95. The van der Waals surface area contributed by atoms with Crippen LogP contribution in [0.2, 0.25) is 0 Å². The van der Waals surface area contributed by atoms with Gasteiger partial charge in [0, 0.05) is 32.6 Å². The summed E-state index contributed by atoms with van der Waals surface area (Å²) >= 11 is 0. The van der Waals surface area contributed by atoms with Crippen molar-refractivity contribution < 1.29 is 9.53 Å². The molecule has 130 valence electrons. The number of fused-ring (bicyclic) bond motifs is 1. The number of aromatic amines is 1. The summed E-state index contributed by atoms with van der Waals surface area (Å²) in [5.74, 6) is 1.67. The van der Waals surface area contributed by atoms with Crippen LogP contribution >= 0.6 is 0 Å². The number of benzene rings is 1. The summed E-state index contributed by atoms with van der Waals surface area (Å²) in [5, 5.41) is 3.01. The SMILES string of the molecule is Cc1ccc2[nH]c(CCC(=O)NCCC[C@H]3CCOC3)nc2c1C. The number of nitrogens with zero attached hydrogens (tertiary/aromatic N) is 1. The van der Waals surface area contributed by atoms with Gasteiger partial charge in [0.15, 0.2) is 0 Å². The van der Waals surface area contributed by atoms with Crippen LogP contribution in [0.25, 0.3) is 11.0 Å². The Bertz CT molecular complexity index is 702. The molecule has 1 fully saturated rings. The summed E-state index contributed by atoms with van der Waals surface area (Å²) in [6.07, 6.45) is 4.46. The molecule has 1 saturated heterocycles. The van der Waals surface area contributed by atoms with E-state index in [1.165, 1.54) is 17.5 Å². The quantitative estimate of drug-likeness (QED) is 0.767. The van der Waals surface area contributed by atoms with Gasteiger partial charge in [-0.15, -0.1) is 0 Å². The molecular weight excluding hydrogens is 302 g/mol. The van der Waals surface area contributed by atoms with Gasteiger partial charge in [0.2, 0.25) is 5.91 Å². The van der Waals surface area contributed by atoms with Crippen molar-refractivity contribution in [2.75, 3.05) is 19.8 Å². The number of aryl methyl sites for hydroxylation is 3. The van der Waals surface area contributed by atoms with Gasteiger partial charge >= 0.3 is 0 Å². The van der Waals surface area contributed by atoms with Crippen LogP contribution in [-0.4, -0.2) is 35.6 Å². The van der Waals surface area contributed by atoms with Gasteiger partial charge in [-0.05, 0) is 56.2 Å². The molecule has 1 aliphatic rings. The first-order valence-corrected chi connectivity index (χ1v) is 8.92. The van der Waals surface area contributed by atoms with Gasteiger partial charge in [-0.3, -0.25) is 4.79 Å². The van der Waals surface area contributed by atoms with E-state index >= 15 is 0 Å². The summed E-state index contributed by atoms with van der Waals surface area (Å²) in [6, 6.07) is 4.16. The number of rotatable bonds is 7. The fourth-order valence-corrected chi connectivity index (χ4v) is 3.23. The van der Waals surface area contributed by atoms with Gasteiger partial charge < -0.3 is 15.0 Å². The number of carbonyl (C=O) groups excluding carboxylic acids is 1. The summed E-state index contributed by atoms with van der Waals surface area (Å²) in [5.41, 5.74) is 4.51. The number of carbonyl (C=O) groups is 1. The minimum Gasteiger partial charge on any atom is -0.381 e. The fourth-order valence-electron chi connectivity index (χ4n) is 3.23. The average molecular weight is 329 g/mol. The largest absolute Gasteiger partial charge is 0.381 e. The zero-order valence-electron chi connectivity index (χ0n) is 14.7. The number of hydrogen-bond acceptors (Lipinski definition) is 3. The number of nitrogens with one attached hydrogen (secondary N) is 2. The molecular formula is C19H27N3O2. The Hall–Kier alpha value is -1.88. The van der Waals surface area contributed by atoms with Crippen LogP contribution in [0.1, 0.15) is 42.6 Å². The molecule has 24 heavy (non-hydrogen) atoms. The molecule has 5 heteroatoms. The van der Waals surface area contributed by atoms with E-state index in [9.17, 15) is 4.79 Å². The van der Waals surface area contributed by atoms with Gasteiger partial charge in [-0.1, -0.05) is 6.07 Å². The Labute approximate surface area is 143 Å². The summed E-state index contributed by atoms with van der Waals surface area (Å²) in [6.45, 7) is 6.72. The van der Waals surface area contributed by atoms with Crippen LogP contribution in [0.15, 0.2) is 12.1 Å². The average Bonchev–Trinajstić information content (AvgIpc) is 3.23. The van der Waals surface area contributed by atoms with Gasteiger partial charge in [0.1, 0.15) is 5.82 Å². The van der Waals surface area contributed by atoms with Crippen molar-refractivity contribution in [1.82, 2.24) is 15.3 Å². The highest BCUT2D eigenvalue weighted by atomic mass is 16.5. The normalized spacial score (nSPS) is 17.5. The summed E-state index contributed by atoms with van der Waals surface area (Å²) in [7, 11) is 0. The Morgan fingerprint density at radius 1 is 1.42 bits per heavy atom. The monoisotopic (exact) mass is 329 g/mol. The first kappa shape index (κ1) is 17.0. The van der Waals surface area contributed by atoms with Crippen LogP contribution in [0.5, 0.6) is 0 Å². The molecule has 0 radical (unpaired) electrons. The number of hydrogen-bond donors (Lipinski definition) is 2. The number of amides is 1. The Kier molecular flexibility index (Phi) is 5.51. The minimum absolute atomic E-state index is 0.103. The first-order valence-electron chi connectivity index (χ1n) is 8.92. The predicted octanol–water partition coefficient (Wildman–Crippen LogP) is 3.05. The fraction of sp³-hybridized carbons (Fsp3) is 0.579. The van der Waals surface area contributed by atoms with Crippen molar-refractivity contribution in [3.63, 3.8) is 0 Å². The van der Waals surface area contributed by atoms with Gasteiger partial charge in [-0.25, -0.2) is 4.98 Å². The lowest BCUT2D eigenvalue weighted by Crippen LogP contribution is -2.25. The molecule has 1 amide bonds. The molecule has 5 nitrogen and oxygen atoms in total. The van der Waals surface area contributed by atoms with Crippen molar-refractivity contribution in [3.05, 3.63) is 29.1 Å². The van der Waals surface area contributed by atoms with Crippen molar-refractivity contribution in [2.24, 2.45) is 5.92 Å². The van der Waals surface area contributed by atoms with Gasteiger partial charge in [-0.2, -0.15) is 0 Å². The van der Waals surface area contributed by atoms with E-state index in [0.717, 1.165) is 49.5 Å². The number of imidazole rings is 1. The highest BCUT2D eigenvalue weighted by Gasteiger charge is 2.15. The van der Waals surface area contributed by atoms with E-state index in [4.69, 9.17) is 4.74 Å². The topological polar surface area (TPSA) is 67.0 Å². The molecule has 2 aromatic rings. The van der Waals surface area contributed by atoms with E-state index in [-0.39, 0.29) is 5.91 Å². The van der Waals surface area contributed by atoms with Crippen molar-refractivity contribution in [3.8, 4) is 0 Å². The van der Waals surface area contributed by atoms with Crippen molar-refractivity contribution >= 4 is 16.9 Å². The van der Waals surface area contributed by atoms with Crippen LogP contribution in [0.4, 0.5) is 0 Å². The third kappa shape index (κ3) is 4.15. The van der Waals surface area contributed by atoms with E-state index < -0.39 is 0 Å². The number of aromatic nitrogens is 2. The molecule has 0 aliphatic carbocycles. The minimum atomic E-state index is 0.103. The standard InChI is InChI=1S/C19H27N3O2/c1-13-5-6-16-19(14(13)2)22-17(21-16)7-8-18(23)20-10-3-4-15-9-11-24-12-15/h5-6,15H,3-4,7-12H2,1-2H3,(H,20,23)(H,21,22)/t15-/m0/s1. The molecule has 1 aromatic heterocycles. The van der Waals surface area contributed by atoms with Crippen LogP contribution in [0, 0.1) is 19.8 Å². The Balaban J connectivity index is 1.41. The molecule has 1 atom stereocenters. The highest BCUT2D eigenvalue weighted by molar-refractivity contribution is 5.80. The molecule has 1 aliphatic heterocycles. The number of H-pyrrole nitrogens is 1. The lowest BCUT2D eigenvalue weighted by atomic mass is 10.0. The molecule has 0 saturated carbocycles. The van der Waals surface area contributed by atoms with Crippen molar-refractivity contribution in [2.45, 2.75) is 46.0 Å². The molecule has 1 aromatic carbocycles.